The van der Waals surface area contributed by atoms with E-state index in [1.807, 2.05) is 19.1 Å². The van der Waals surface area contributed by atoms with E-state index in [0.717, 1.165) is 5.75 Å². The first-order valence-corrected chi connectivity index (χ1v) is 9.07. The molecular weight excluding hydrogens is 384 g/mol. The van der Waals surface area contributed by atoms with Gasteiger partial charge in [0.2, 0.25) is 0 Å². The second kappa shape index (κ2) is 11.1. The van der Waals surface area contributed by atoms with Crippen LogP contribution in [0.3, 0.4) is 0 Å². The van der Waals surface area contributed by atoms with E-state index in [1.165, 1.54) is 20.3 Å². The average molecular weight is 407 g/mol. The van der Waals surface area contributed by atoms with Crippen molar-refractivity contribution in [2.45, 2.75) is 6.92 Å². The van der Waals surface area contributed by atoms with Crippen molar-refractivity contribution >= 4 is 23.6 Å². The Kier molecular flexibility index (Phi) is 8.49. The summed E-state index contributed by atoms with van der Waals surface area (Å²) in [7, 11) is 3.02. The first kappa shape index (κ1) is 21.4. The molecule has 0 aliphatic carbocycles. The molecule has 2 rings (SSSR count). The maximum Gasteiger partial charge on any atom is 0.330 e. The van der Waals surface area contributed by atoms with Crippen LogP contribution >= 0.6 is 11.6 Å². The lowest BCUT2D eigenvalue weighted by atomic mass is 10.2. The fourth-order valence-electron chi connectivity index (χ4n) is 2.35. The molecule has 0 bridgehead atoms. The van der Waals surface area contributed by atoms with Crippen molar-refractivity contribution in [1.29, 1.82) is 0 Å². The zero-order valence-electron chi connectivity index (χ0n) is 16.1. The van der Waals surface area contributed by atoms with Crippen LogP contribution in [0.2, 0.25) is 5.02 Å². The molecule has 0 spiro atoms. The van der Waals surface area contributed by atoms with Crippen LogP contribution in [-0.4, -0.2) is 40.0 Å². The number of benzene rings is 2. The predicted octanol–water partition coefficient (Wildman–Crippen LogP) is 4.39. The van der Waals surface area contributed by atoms with Crippen LogP contribution in [0.5, 0.6) is 23.0 Å². The molecule has 0 saturated carbocycles. The minimum absolute atomic E-state index is 0.128. The van der Waals surface area contributed by atoms with Gasteiger partial charge in [0.25, 0.3) is 0 Å². The fraction of sp³-hybridized carbons (Fsp3) is 0.286. The molecule has 0 N–H and O–H groups in total. The Hall–Kier alpha value is -2.86. The summed E-state index contributed by atoms with van der Waals surface area (Å²) in [5, 5.41) is 0.388. The monoisotopic (exact) mass is 406 g/mol. The maximum absolute atomic E-state index is 11.8. The number of hydrogen-bond donors (Lipinski definition) is 0. The highest BCUT2D eigenvalue weighted by Crippen LogP contribution is 2.36. The topological polar surface area (TPSA) is 63.2 Å². The second-order valence-electron chi connectivity index (χ2n) is 5.49. The first-order valence-electron chi connectivity index (χ1n) is 8.69. The van der Waals surface area contributed by atoms with Crippen LogP contribution in [0.15, 0.2) is 42.5 Å². The molecular formula is C21H23ClO6. The molecule has 2 aromatic carbocycles. The van der Waals surface area contributed by atoms with E-state index in [0.29, 0.717) is 34.4 Å². The van der Waals surface area contributed by atoms with Gasteiger partial charge in [0.05, 0.1) is 25.8 Å². The van der Waals surface area contributed by atoms with E-state index in [1.54, 1.807) is 30.3 Å². The fourth-order valence-corrected chi connectivity index (χ4v) is 2.64. The summed E-state index contributed by atoms with van der Waals surface area (Å²) < 4.78 is 26.4. The minimum Gasteiger partial charge on any atom is -0.494 e. The summed E-state index contributed by atoms with van der Waals surface area (Å²) in [5.41, 5.74) is 0.685. The normalized spacial score (nSPS) is 10.6. The number of carbonyl (C=O) groups excluding carboxylic acids is 1. The molecule has 0 heterocycles. The lowest BCUT2D eigenvalue weighted by molar-refractivity contribution is -0.138. The third-order valence-electron chi connectivity index (χ3n) is 3.60. The smallest absolute Gasteiger partial charge is 0.330 e. The number of rotatable bonds is 10. The van der Waals surface area contributed by atoms with Gasteiger partial charge in [-0.2, -0.15) is 0 Å². The highest BCUT2D eigenvalue weighted by Gasteiger charge is 2.10. The lowest BCUT2D eigenvalue weighted by Gasteiger charge is -2.10. The van der Waals surface area contributed by atoms with E-state index < -0.39 is 5.97 Å². The van der Waals surface area contributed by atoms with Crippen LogP contribution in [0, 0.1) is 0 Å². The second-order valence-corrected chi connectivity index (χ2v) is 5.90. The van der Waals surface area contributed by atoms with Crippen molar-refractivity contribution in [3.63, 3.8) is 0 Å². The van der Waals surface area contributed by atoms with Crippen LogP contribution in [-0.2, 0) is 9.53 Å². The summed E-state index contributed by atoms with van der Waals surface area (Å²) in [4.78, 5) is 11.8. The van der Waals surface area contributed by atoms with E-state index in [4.69, 9.17) is 35.3 Å². The lowest BCUT2D eigenvalue weighted by Crippen LogP contribution is -2.10. The van der Waals surface area contributed by atoms with Crippen LogP contribution in [0.4, 0.5) is 0 Å². The number of esters is 1. The molecule has 0 aliphatic heterocycles. The van der Waals surface area contributed by atoms with Gasteiger partial charge in [-0.1, -0.05) is 11.6 Å². The molecule has 0 aromatic heterocycles. The van der Waals surface area contributed by atoms with Crippen molar-refractivity contribution < 1.29 is 28.5 Å². The summed E-state index contributed by atoms with van der Waals surface area (Å²) in [5.74, 6) is 1.89. The number of halogens is 1. The molecule has 0 amide bonds. The highest BCUT2D eigenvalue weighted by molar-refractivity contribution is 6.32. The van der Waals surface area contributed by atoms with Crippen molar-refractivity contribution in [3.05, 3.63) is 53.1 Å². The van der Waals surface area contributed by atoms with Gasteiger partial charge in [-0.15, -0.1) is 0 Å². The van der Waals surface area contributed by atoms with E-state index >= 15 is 0 Å². The number of ether oxygens (including phenoxy) is 5. The van der Waals surface area contributed by atoms with Gasteiger partial charge < -0.3 is 23.7 Å². The standard InChI is InChI=1S/C21H23ClO6/c1-4-26-16-6-8-17(9-7-16)27-11-12-28-20(23)10-5-15-13-18(22)21(25-3)19(14-15)24-2/h5-10,13-14H,4,11-12H2,1-3H3. The van der Waals surface area contributed by atoms with Crippen molar-refractivity contribution in [3.8, 4) is 23.0 Å². The Morgan fingerprint density at radius 2 is 1.68 bits per heavy atom. The number of methoxy groups -OCH3 is 2. The van der Waals surface area contributed by atoms with Crippen molar-refractivity contribution in [2.75, 3.05) is 34.0 Å². The molecule has 0 atom stereocenters. The average Bonchev–Trinajstić information content (AvgIpc) is 2.70. The highest BCUT2D eigenvalue weighted by atomic mass is 35.5. The Balaban J connectivity index is 1.80. The van der Waals surface area contributed by atoms with E-state index in [9.17, 15) is 4.79 Å². The molecule has 150 valence electrons. The van der Waals surface area contributed by atoms with Gasteiger partial charge in [-0.25, -0.2) is 4.79 Å². The van der Waals surface area contributed by atoms with Gasteiger partial charge in [0.15, 0.2) is 11.5 Å². The molecule has 0 radical (unpaired) electrons. The summed E-state index contributed by atoms with van der Waals surface area (Å²) in [6.45, 7) is 2.91. The summed E-state index contributed by atoms with van der Waals surface area (Å²) in [6, 6.07) is 10.6. The van der Waals surface area contributed by atoms with E-state index in [2.05, 4.69) is 0 Å². The summed E-state index contributed by atoms with van der Waals surface area (Å²) in [6.07, 6.45) is 2.90. The van der Waals surface area contributed by atoms with Crippen molar-refractivity contribution in [1.82, 2.24) is 0 Å². The Labute approximate surface area is 169 Å². The van der Waals surface area contributed by atoms with E-state index in [-0.39, 0.29) is 13.2 Å². The Morgan fingerprint density at radius 3 is 2.29 bits per heavy atom. The largest absolute Gasteiger partial charge is 0.494 e. The quantitative estimate of drug-likeness (QED) is 0.331. The number of hydrogen-bond acceptors (Lipinski definition) is 6. The molecule has 0 unspecified atom stereocenters. The molecule has 0 aliphatic rings. The first-order chi connectivity index (χ1) is 13.6. The Morgan fingerprint density at radius 1 is 1.00 bits per heavy atom. The Bertz CT molecular complexity index is 801. The van der Waals surface area contributed by atoms with Gasteiger partial charge in [0.1, 0.15) is 24.7 Å². The predicted molar refractivity (Wildman–Crippen MR) is 108 cm³/mol. The molecule has 28 heavy (non-hydrogen) atoms. The molecule has 6 nitrogen and oxygen atoms in total. The van der Waals surface area contributed by atoms with Crippen LogP contribution in [0.25, 0.3) is 6.08 Å². The van der Waals surface area contributed by atoms with Gasteiger partial charge in [-0.05, 0) is 55.0 Å². The SMILES string of the molecule is CCOc1ccc(OCCOC(=O)C=Cc2cc(Cl)c(OC)c(OC)c2)cc1. The molecule has 0 saturated heterocycles. The maximum atomic E-state index is 11.8. The van der Waals surface area contributed by atoms with Crippen LogP contribution < -0.4 is 18.9 Å². The van der Waals surface area contributed by atoms with Gasteiger partial charge in [-0.3, -0.25) is 0 Å². The molecule has 7 heteroatoms. The molecule has 2 aromatic rings. The van der Waals surface area contributed by atoms with Gasteiger partial charge in [0, 0.05) is 6.08 Å². The zero-order valence-corrected chi connectivity index (χ0v) is 16.8. The summed E-state index contributed by atoms with van der Waals surface area (Å²) >= 11 is 6.14. The third-order valence-corrected chi connectivity index (χ3v) is 3.88. The van der Waals surface area contributed by atoms with Crippen molar-refractivity contribution in [2.24, 2.45) is 0 Å². The zero-order chi connectivity index (χ0) is 20.4. The molecule has 0 fully saturated rings. The minimum atomic E-state index is -0.485. The third kappa shape index (κ3) is 6.39. The number of carbonyl (C=O) groups is 1. The van der Waals surface area contributed by atoms with Crippen LogP contribution in [0.1, 0.15) is 12.5 Å². The van der Waals surface area contributed by atoms with Gasteiger partial charge >= 0.3 is 5.97 Å².